The third-order valence-corrected chi connectivity index (χ3v) is 10.7. The maximum absolute atomic E-state index is 6.48. The van der Waals surface area contributed by atoms with Crippen molar-refractivity contribution in [2.24, 2.45) is 0 Å². The van der Waals surface area contributed by atoms with Crippen LogP contribution < -0.4 is 0 Å². The van der Waals surface area contributed by atoms with Gasteiger partial charge < -0.3 is 4.42 Å². The largest absolute Gasteiger partial charge is 0.456 e. The Bertz CT molecular complexity index is 2950. The normalized spacial score (nSPS) is 11.8. The zero-order valence-corrected chi connectivity index (χ0v) is 28.6. The molecule has 53 heavy (non-hydrogen) atoms. The van der Waals surface area contributed by atoms with Gasteiger partial charge in [0, 0.05) is 33.0 Å². The Hall–Kier alpha value is -7.10. The zero-order chi connectivity index (χ0) is 34.9. The number of rotatable bonds is 5. The summed E-state index contributed by atoms with van der Waals surface area (Å²) in [6.45, 7) is 0. The van der Waals surface area contributed by atoms with Crippen molar-refractivity contribution in [3.8, 4) is 78.4 Å². The molecule has 0 saturated carbocycles. The second-order valence-corrected chi connectivity index (χ2v) is 13.7. The second-order valence-electron chi connectivity index (χ2n) is 13.7. The quantitative estimate of drug-likeness (QED) is 0.182. The molecule has 1 aliphatic rings. The van der Waals surface area contributed by atoms with Crippen molar-refractivity contribution in [3.05, 3.63) is 182 Å². The lowest BCUT2D eigenvalue weighted by Gasteiger charge is -2.16. The Morgan fingerprint density at radius 3 is 1.58 bits per heavy atom. The van der Waals surface area contributed by atoms with Crippen LogP contribution in [-0.4, -0.2) is 9.97 Å². The van der Waals surface area contributed by atoms with Crippen LogP contribution in [0.15, 0.2) is 186 Å². The molecule has 0 N–H and O–H groups in total. The Morgan fingerprint density at radius 1 is 0.321 bits per heavy atom. The predicted molar refractivity (Wildman–Crippen MR) is 218 cm³/mol. The fraction of sp³-hybridized carbons (Fsp3) is 0. The van der Waals surface area contributed by atoms with E-state index in [0.717, 1.165) is 61.1 Å². The minimum Gasteiger partial charge on any atom is -0.456 e. The van der Waals surface area contributed by atoms with E-state index in [1.807, 2.05) is 42.5 Å². The fourth-order valence-corrected chi connectivity index (χ4v) is 8.25. The van der Waals surface area contributed by atoms with Gasteiger partial charge in [0.15, 0.2) is 5.82 Å². The van der Waals surface area contributed by atoms with Crippen LogP contribution in [0.1, 0.15) is 0 Å². The molecule has 0 amide bonds. The van der Waals surface area contributed by atoms with Crippen LogP contribution in [0, 0.1) is 0 Å². The molecular formula is C50H30N2O. The van der Waals surface area contributed by atoms with E-state index in [-0.39, 0.29) is 0 Å². The summed E-state index contributed by atoms with van der Waals surface area (Å²) in [4.78, 5) is 10.2. The summed E-state index contributed by atoms with van der Waals surface area (Å²) in [5.41, 5.74) is 16.4. The minimum atomic E-state index is 0.695. The highest BCUT2D eigenvalue weighted by molar-refractivity contribution is 6.23. The van der Waals surface area contributed by atoms with E-state index in [2.05, 4.69) is 140 Å². The van der Waals surface area contributed by atoms with E-state index >= 15 is 0 Å². The molecule has 0 unspecified atom stereocenters. The zero-order valence-electron chi connectivity index (χ0n) is 28.6. The first-order chi connectivity index (χ1) is 26.3. The minimum absolute atomic E-state index is 0.695. The standard InChI is InChI=1S/C50H30N2O/c1-3-12-32(13-4-1)43-30-44(33-14-5-2-6-15-33)52-50(51-43)34-24-22-31(23-25-34)35-28-29-46-49(42-18-9-10-21-45(42)53-46)48(35)41-27-26-40-37-17-8-7-16-36(37)38-19-11-20-39(41)47(38)40/h1-30H. The van der Waals surface area contributed by atoms with Crippen molar-refractivity contribution in [2.75, 3.05) is 0 Å². The number of nitrogens with zero attached hydrogens (tertiary/aromatic N) is 2. The molecule has 2 aromatic heterocycles. The Labute approximate surface area is 306 Å². The third kappa shape index (κ3) is 4.68. The molecule has 0 atom stereocenters. The lowest BCUT2D eigenvalue weighted by atomic mass is 9.87. The number of benzene rings is 8. The summed E-state index contributed by atoms with van der Waals surface area (Å²) in [5.74, 6) is 0.695. The molecule has 1 aliphatic carbocycles. The van der Waals surface area contributed by atoms with E-state index in [1.165, 1.54) is 44.2 Å². The van der Waals surface area contributed by atoms with Gasteiger partial charge in [-0.3, -0.25) is 0 Å². The molecule has 0 aliphatic heterocycles. The van der Waals surface area contributed by atoms with E-state index < -0.39 is 0 Å². The van der Waals surface area contributed by atoms with E-state index in [4.69, 9.17) is 14.4 Å². The number of aromatic nitrogens is 2. The Morgan fingerprint density at radius 2 is 0.868 bits per heavy atom. The van der Waals surface area contributed by atoms with Gasteiger partial charge >= 0.3 is 0 Å². The SMILES string of the molecule is c1ccc(-c2cc(-c3ccccc3)nc(-c3ccc(-c4ccc5oc6ccccc6c5c4-c4ccc5c6c(cccc46)-c4ccccc4-5)cc3)n2)cc1. The number of hydrogen-bond acceptors (Lipinski definition) is 3. The van der Waals surface area contributed by atoms with Crippen LogP contribution in [0.4, 0.5) is 0 Å². The van der Waals surface area contributed by atoms with Gasteiger partial charge in [-0.1, -0.05) is 164 Å². The van der Waals surface area contributed by atoms with Crippen molar-refractivity contribution < 1.29 is 4.42 Å². The van der Waals surface area contributed by atoms with Gasteiger partial charge in [0.1, 0.15) is 11.2 Å². The summed E-state index contributed by atoms with van der Waals surface area (Å²) in [6.07, 6.45) is 0. The average Bonchev–Trinajstić information content (AvgIpc) is 3.78. The highest BCUT2D eigenvalue weighted by Gasteiger charge is 2.25. The van der Waals surface area contributed by atoms with Gasteiger partial charge in [-0.05, 0) is 67.9 Å². The van der Waals surface area contributed by atoms with Crippen LogP contribution in [-0.2, 0) is 0 Å². The molecule has 246 valence electrons. The second kappa shape index (κ2) is 11.7. The monoisotopic (exact) mass is 674 g/mol. The summed E-state index contributed by atoms with van der Waals surface area (Å²) in [6, 6.07) is 64.3. The molecule has 3 heteroatoms. The highest BCUT2D eigenvalue weighted by atomic mass is 16.3. The number of fused-ring (bicyclic) bond motifs is 6. The topological polar surface area (TPSA) is 38.9 Å². The first-order valence-electron chi connectivity index (χ1n) is 18.0. The van der Waals surface area contributed by atoms with Crippen LogP contribution in [0.2, 0.25) is 0 Å². The number of para-hydroxylation sites is 1. The molecule has 0 bridgehead atoms. The average molecular weight is 675 g/mol. The van der Waals surface area contributed by atoms with Gasteiger partial charge in [-0.2, -0.15) is 0 Å². The van der Waals surface area contributed by atoms with Gasteiger partial charge in [0.05, 0.1) is 11.4 Å². The highest BCUT2D eigenvalue weighted by Crippen LogP contribution is 2.52. The molecule has 0 saturated heterocycles. The molecule has 10 aromatic rings. The van der Waals surface area contributed by atoms with Crippen LogP contribution >= 0.6 is 0 Å². The molecule has 2 heterocycles. The number of hydrogen-bond donors (Lipinski definition) is 0. The lowest BCUT2D eigenvalue weighted by Crippen LogP contribution is -1.96. The Balaban J connectivity index is 1.11. The molecule has 3 nitrogen and oxygen atoms in total. The molecule has 0 fully saturated rings. The van der Waals surface area contributed by atoms with Crippen molar-refractivity contribution in [1.29, 1.82) is 0 Å². The van der Waals surface area contributed by atoms with Crippen LogP contribution in [0.3, 0.4) is 0 Å². The maximum atomic E-state index is 6.48. The Kier molecular flexibility index (Phi) is 6.55. The van der Waals surface area contributed by atoms with Crippen LogP contribution in [0.25, 0.3) is 111 Å². The number of furan rings is 1. The summed E-state index contributed by atoms with van der Waals surface area (Å²) in [5, 5.41) is 4.79. The smallest absolute Gasteiger partial charge is 0.160 e. The van der Waals surface area contributed by atoms with E-state index in [0.29, 0.717) is 5.82 Å². The maximum Gasteiger partial charge on any atom is 0.160 e. The van der Waals surface area contributed by atoms with Gasteiger partial charge in [-0.15, -0.1) is 0 Å². The third-order valence-electron chi connectivity index (χ3n) is 10.7. The molecule has 0 spiro atoms. The molecule has 11 rings (SSSR count). The van der Waals surface area contributed by atoms with Gasteiger partial charge in [-0.25, -0.2) is 9.97 Å². The molecule has 0 radical (unpaired) electrons. The lowest BCUT2D eigenvalue weighted by molar-refractivity contribution is 0.669. The first-order valence-corrected chi connectivity index (χ1v) is 18.0. The van der Waals surface area contributed by atoms with Gasteiger partial charge in [0.2, 0.25) is 0 Å². The van der Waals surface area contributed by atoms with Gasteiger partial charge in [0.25, 0.3) is 0 Å². The van der Waals surface area contributed by atoms with Crippen molar-refractivity contribution >= 4 is 32.7 Å². The van der Waals surface area contributed by atoms with Crippen molar-refractivity contribution in [3.63, 3.8) is 0 Å². The summed E-state index contributed by atoms with van der Waals surface area (Å²) >= 11 is 0. The predicted octanol–water partition coefficient (Wildman–Crippen LogP) is 13.5. The molecular weight excluding hydrogens is 645 g/mol. The van der Waals surface area contributed by atoms with Crippen molar-refractivity contribution in [2.45, 2.75) is 0 Å². The van der Waals surface area contributed by atoms with E-state index in [9.17, 15) is 0 Å². The van der Waals surface area contributed by atoms with E-state index in [1.54, 1.807) is 0 Å². The first kappa shape index (κ1) is 29.6. The fourth-order valence-electron chi connectivity index (χ4n) is 8.25. The van der Waals surface area contributed by atoms with Crippen LogP contribution in [0.5, 0.6) is 0 Å². The molecule has 8 aromatic carbocycles. The summed E-state index contributed by atoms with van der Waals surface area (Å²) in [7, 11) is 0. The van der Waals surface area contributed by atoms with Crippen molar-refractivity contribution in [1.82, 2.24) is 9.97 Å². The summed E-state index contributed by atoms with van der Waals surface area (Å²) < 4.78 is 6.48.